The highest BCUT2D eigenvalue weighted by Crippen LogP contribution is 2.30. The van der Waals surface area contributed by atoms with Gasteiger partial charge in [-0.1, -0.05) is 0 Å². The quantitative estimate of drug-likeness (QED) is 0.658. The van der Waals surface area contributed by atoms with Gasteiger partial charge in [0.2, 0.25) is 5.91 Å². The molecular weight excluding hydrogens is 440 g/mol. The lowest BCUT2D eigenvalue weighted by Crippen LogP contribution is -2.46. The van der Waals surface area contributed by atoms with Crippen LogP contribution < -0.4 is 11.1 Å². The highest BCUT2D eigenvalue weighted by atomic mass is 79.9. The first-order valence-electron chi connectivity index (χ1n) is 7.71. The fourth-order valence-corrected chi connectivity index (χ4v) is 3.71. The number of aromatic amines is 1. The number of halogens is 2. The molecule has 2 amide bonds. The van der Waals surface area contributed by atoms with Crippen LogP contribution in [0.5, 0.6) is 0 Å². The maximum Gasteiger partial charge on any atom is 0.253 e. The number of amides is 2. The van der Waals surface area contributed by atoms with Gasteiger partial charge in [-0.25, -0.2) is 0 Å². The van der Waals surface area contributed by atoms with Gasteiger partial charge in [-0.05, 0) is 56.8 Å². The van der Waals surface area contributed by atoms with Crippen LogP contribution in [0, 0.1) is 0 Å². The number of nitrogens with two attached hydrogens (primary N) is 1. The summed E-state index contributed by atoms with van der Waals surface area (Å²) in [6.07, 6.45) is 3.37. The smallest absolute Gasteiger partial charge is 0.253 e. The molecule has 0 atom stereocenters. The average molecular weight is 458 g/mol. The molecule has 4 N–H and O–H groups in total. The maximum absolute atomic E-state index is 12.6. The highest BCUT2D eigenvalue weighted by Gasteiger charge is 2.23. The summed E-state index contributed by atoms with van der Waals surface area (Å²) in [5, 5.41) is 3.98. The molecule has 0 bridgehead atoms. The topological polar surface area (TPSA) is 91.2 Å². The van der Waals surface area contributed by atoms with Gasteiger partial charge in [0, 0.05) is 45.2 Å². The van der Waals surface area contributed by atoms with Crippen molar-refractivity contribution in [3.05, 3.63) is 32.8 Å². The molecule has 2 aromatic rings. The van der Waals surface area contributed by atoms with E-state index in [4.69, 9.17) is 5.73 Å². The number of fused-ring (bicyclic) bond motifs is 1. The summed E-state index contributed by atoms with van der Waals surface area (Å²) in [7, 11) is 0. The van der Waals surface area contributed by atoms with Crippen molar-refractivity contribution in [2.45, 2.75) is 18.9 Å². The monoisotopic (exact) mass is 456 g/mol. The van der Waals surface area contributed by atoms with Crippen LogP contribution in [0.15, 0.2) is 27.3 Å². The van der Waals surface area contributed by atoms with Crippen LogP contribution in [0.3, 0.4) is 0 Å². The van der Waals surface area contributed by atoms with E-state index in [0.717, 1.165) is 45.8 Å². The first-order valence-corrected chi connectivity index (χ1v) is 9.30. The molecule has 2 heterocycles. The van der Waals surface area contributed by atoms with Gasteiger partial charge in [0.15, 0.2) is 0 Å². The molecule has 1 fully saturated rings. The summed E-state index contributed by atoms with van der Waals surface area (Å²) in [4.78, 5) is 28.7. The average Bonchev–Trinajstić information content (AvgIpc) is 2.92. The van der Waals surface area contributed by atoms with E-state index >= 15 is 0 Å². The van der Waals surface area contributed by atoms with Gasteiger partial charge in [-0.15, -0.1) is 0 Å². The Kier molecular flexibility index (Phi) is 5.27. The van der Waals surface area contributed by atoms with Crippen molar-refractivity contribution in [3.63, 3.8) is 0 Å². The Morgan fingerprint density at radius 3 is 2.58 bits per heavy atom. The number of carbonyl (C=O) groups excluding carboxylic acids is 2. The van der Waals surface area contributed by atoms with Gasteiger partial charge in [0.1, 0.15) is 0 Å². The van der Waals surface area contributed by atoms with E-state index in [-0.39, 0.29) is 24.4 Å². The summed E-state index contributed by atoms with van der Waals surface area (Å²) in [6, 6.07) is 3.99. The molecule has 128 valence electrons. The zero-order chi connectivity index (χ0) is 17.3. The molecule has 24 heavy (non-hydrogen) atoms. The molecule has 0 saturated carbocycles. The van der Waals surface area contributed by atoms with Gasteiger partial charge in [-0.3, -0.25) is 14.5 Å². The van der Waals surface area contributed by atoms with Crippen LogP contribution in [0.25, 0.3) is 10.9 Å². The van der Waals surface area contributed by atoms with Crippen molar-refractivity contribution in [2.75, 3.05) is 19.6 Å². The number of hydrogen-bond acceptors (Lipinski definition) is 3. The summed E-state index contributed by atoms with van der Waals surface area (Å²) in [5.74, 6) is -0.392. The van der Waals surface area contributed by atoms with Crippen molar-refractivity contribution in [2.24, 2.45) is 5.73 Å². The van der Waals surface area contributed by atoms with Crippen molar-refractivity contribution in [1.29, 1.82) is 0 Å². The fraction of sp³-hybridized carbons (Fsp3) is 0.375. The van der Waals surface area contributed by atoms with E-state index < -0.39 is 0 Å². The third-order valence-corrected chi connectivity index (χ3v) is 6.11. The molecule has 8 heteroatoms. The Balaban J connectivity index is 1.66. The number of aromatic nitrogens is 1. The highest BCUT2D eigenvalue weighted by molar-refractivity contribution is 9.13. The van der Waals surface area contributed by atoms with Crippen molar-refractivity contribution < 1.29 is 9.59 Å². The molecule has 0 aliphatic carbocycles. The normalized spacial score (nSPS) is 16.4. The largest absolute Gasteiger partial charge is 0.369 e. The SMILES string of the molecule is NC(=O)CN1CCC(NC(=O)c2c[nH]c3cc(Br)c(Br)cc23)CC1. The molecule has 0 unspecified atom stereocenters. The lowest BCUT2D eigenvalue weighted by atomic mass is 10.0. The molecule has 3 rings (SSSR count). The number of nitrogens with zero attached hydrogens (tertiary/aromatic N) is 1. The minimum Gasteiger partial charge on any atom is -0.369 e. The molecule has 1 aliphatic rings. The molecular formula is C16H18Br2N4O2. The Hall–Kier alpha value is -1.38. The van der Waals surface area contributed by atoms with Crippen LogP contribution in [-0.4, -0.2) is 47.4 Å². The van der Waals surface area contributed by atoms with Gasteiger partial charge >= 0.3 is 0 Å². The number of carbonyl (C=O) groups is 2. The lowest BCUT2D eigenvalue weighted by Gasteiger charge is -2.31. The zero-order valence-corrected chi connectivity index (χ0v) is 16.1. The number of H-pyrrole nitrogens is 1. The number of benzene rings is 1. The Morgan fingerprint density at radius 2 is 1.92 bits per heavy atom. The van der Waals surface area contributed by atoms with Crippen LogP contribution in [0.4, 0.5) is 0 Å². The summed E-state index contributed by atoms with van der Waals surface area (Å²) in [6.45, 7) is 1.81. The predicted octanol–water partition coefficient (Wildman–Crippen LogP) is 2.37. The molecule has 1 aromatic carbocycles. The Bertz CT molecular complexity index is 782. The molecule has 1 saturated heterocycles. The first-order chi connectivity index (χ1) is 11.4. The molecule has 0 spiro atoms. The third-order valence-electron chi connectivity index (χ3n) is 4.27. The Labute approximate surface area is 156 Å². The Morgan fingerprint density at radius 1 is 1.25 bits per heavy atom. The second-order valence-corrected chi connectivity index (χ2v) is 7.71. The van der Waals surface area contributed by atoms with Crippen LogP contribution in [0.2, 0.25) is 0 Å². The van der Waals surface area contributed by atoms with E-state index in [9.17, 15) is 9.59 Å². The first kappa shape index (κ1) is 17.4. The van der Waals surface area contributed by atoms with Crippen LogP contribution in [-0.2, 0) is 4.79 Å². The number of hydrogen-bond donors (Lipinski definition) is 3. The summed E-state index contributed by atoms with van der Waals surface area (Å²) >= 11 is 6.93. The van der Waals surface area contributed by atoms with E-state index in [1.165, 1.54) is 0 Å². The van der Waals surface area contributed by atoms with Gasteiger partial charge < -0.3 is 16.0 Å². The molecule has 0 radical (unpaired) electrons. The van der Waals surface area contributed by atoms with Gasteiger partial charge in [0.05, 0.1) is 12.1 Å². The van der Waals surface area contributed by atoms with Crippen LogP contribution >= 0.6 is 31.9 Å². The second kappa shape index (κ2) is 7.25. The summed E-state index contributed by atoms with van der Waals surface area (Å²) < 4.78 is 1.84. The number of likely N-dealkylation sites (tertiary alicyclic amines) is 1. The van der Waals surface area contributed by atoms with E-state index in [2.05, 4.69) is 42.2 Å². The van der Waals surface area contributed by atoms with Crippen molar-refractivity contribution >= 4 is 54.6 Å². The van der Waals surface area contributed by atoms with Gasteiger partial charge in [-0.2, -0.15) is 0 Å². The molecule has 1 aromatic heterocycles. The van der Waals surface area contributed by atoms with E-state index in [0.29, 0.717) is 5.56 Å². The predicted molar refractivity (Wildman–Crippen MR) is 99.8 cm³/mol. The lowest BCUT2D eigenvalue weighted by molar-refractivity contribution is -0.119. The number of rotatable bonds is 4. The third kappa shape index (κ3) is 3.81. The minimum atomic E-state index is -0.312. The zero-order valence-electron chi connectivity index (χ0n) is 12.9. The molecule has 6 nitrogen and oxygen atoms in total. The van der Waals surface area contributed by atoms with E-state index in [1.807, 2.05) is 17.0 Å². The van der Waals surface area contributed by atoms with Crippen molar-refractivity contribution in [1.82, 2.24) is 15.2 Å². The maximum atomic E-state index is 12.6. The minimum absolute atomic E-state index is 0.0798. The van der Waals surface area contributed by atoms with Crippen molar-refractivity contribution in [3.8, 4) is 0 Å². The molecule has 1 aliphatic heterocycles. The standard InChI is InChI=1S/C16H18Br2N4O2/c17-12-5-10-11(7-20-14(10)6-13(12)18)16(24)21-9-1-3-22(4-2-9)8-15(19)23/h5-7,9,20H,1-4,8H2,(H2,19,23)(H,21,24). The fourth-order valence-electron chi connectivity index (χ4n) is 3.02. The second-order valence-electron chi connectivity index (χ2n) is 6.00. The number of nitrogens with one attached hydrogen (secondary N) is 2. The van der Waals surface area contributed by atoms with E-state index in [1.54, 1.807) is 6.20 Å². The van der Waals surface area contributed by atoms with Crippen LogP contribution in [0.1, 0.15) is 23.2 Å². The summed E-state index contributed by atoms with van der Waals surface area (Å²) in [5.41, 5.74) is 6.76. The van der Waals surface area contributed by atoms with Gasteiger partial charge in [0.25, 0.3) is 5.91 Å². The number of primary amides is 1. The number of piperidine rings is 1.